The van der Waals surface area contributed by atoms with Crippen LogP contribution in [-0.4, -0.2) is 29.1 Å². The van der Waals surface area contributed by atoms with Crippen LogP contribution in [0.1, 0.15) is 29.8 Å². The van der Waals surface area contributed by atoms with Gasteiger partial charge in [0.15, 0.2) is 0 Å². The van der Waals surface area contributed by atoms with Crippen LogP contribution in [0, 0.1) is 0 Å². The predicted octanol–water partition coefficient (Wildman–Crippen LogP) is 2.23. The highest BCUT2D eigenvalue weighted by molar-refractivity contribution is 5.87. The molecule has 1 aromatic rings. The lowest BCUT2D eigenvalue weighted by atomic mass is 10.1. The zero-order valence-corrected chi connectivity index (χ0v) is 9.23. The monoisotopic (exact) mass is 207 g/mol. The Bertz CT molecular complexity index is 332. The van der Waals surface area contributed by atoms with Crippen LogP contribution in [0.5, 0.6) is 0 Å². The molecule has 0 aliphatic rings. The van der Waals surface area contributed by atoms with Crippen molar-refractivity contribution in [1.29, 1.82) is 0 Å². The van der Waals surface area contributed by atoms with Crippen LogP contribution in [0.2, 0.25) is 0 Å². The van der Waals surface area contributed by atoms with Crippen molar-refractivity contribution in [2.45, 2.75) is 20.4 Å². The SMILES string of the molecule is CCN(CC)Cc1cccc(C(=O)O)c1. The number of rotatable bonds is 5. The van der Waals surface area contributed by atoms with E-state index in [4.69, 9.17) is 5.11 Å². The summed E-state index contributed by atoms with van der Waals surface area (Å²) in [4.78, 5) is 13.0. The number of hydrogen-bond donors (Lipinski definition) is 1. The second kappa shape index (κ2) is 5.51. The lowest BCUT2D eigenvalue weighted by Crippen LogP contribution is -2.22. The van der Waals surface area contributed by atoms with Crippen LogP contribution >= 0.6 is 0 Å². The summed E-state index contributed by atoms with van der Waals surface area (Å²) < 4.78 is 0. The van der Waals surface area contributed by atoms with E-state index in [1.54, 1.807) is 18.2 Å². The first-order valence-electron chi connectivity index (χ1n) is 5.22. The van der Waals surface area contributed by atoms with Crippen molar-refractivity contribution in [2.24, 2.45) is 0 Å². The lowest BCUT2D eigenvalue weighted by Gasteiger charge is -2.17. The first-order chi connectivity index (χ1) is 7.17. The second-order valence-corrected chi connectivity index (χ2v) is 3.47. The second-order valence-electron chi connectivity index (χ2n) is 3.47. The maximum Gasteiger partial charge on any atom is 0.335 e. The Kier molecular flexibility index (Phi) is 4.31. The number of carbonyl (C=O) groups is 1. The number of nitrogens with zero attached hydrogens (tertiary/aromatic N) is 1. The molecular weight excluding hydrogens is 190 g/mol. The molecule has 3 heteroatoms. The van der Waals surface area contributed by atoms with Crippen LogP contribution < -0.4 is 0 Å². The fourth-order valence-electron chi connectivity index (χ4n) is 1.51. The highest BCUT2D eigenvalue weighted by Crippen LogP contribution is 2.08. The molecule has 0 bridgehead atoms. The molecule has 0 fully saturated rings. The zero-order valence-electron chi connectivity index (χ0n) is 9.23. The average Bonchev–Trinajstić information content (AvgIpc) is 2.26. The van der Waals surface area contributed by atoms with Crippen molar-refractivity contribution in [3.63, 3.8) is 0 Å². The number of carboxylic acids is 1. The molecule has 0 radical (unpaired) electrons. The Balaban J connectivity index is 2.77. The number of carboxylic acid groups (broad SMARTS) is 1. The number of benzene rings is 1. The largest absolute Gasteiger partial charge is 0.478 e. The van der Waals surface area contributed by atoms with Crippen molar-refractivity contribution in [3.05, 3.63) is 35.4 Å². The molecular formula is C12H17NO2. The van der Waals surface area contributed by atoms with E-state index in [1.165, 1.54) is 0 Å². The molecule has 1 aromatic carbocycles. The summed E-state index contributed by atoms with van der Waals surface area (Å²) in [6.07, 6.45) is 0. The first kappa shape index (κ1) is 11.7. The Morgan fingerprint density at radius 3 is 2.53 bits per heavy atom. The molecule has 0 aromatic heterocycles. The van der Waals surface area contributed by atoms with Crippen molar-refractivity contribution in [1.82, 2.24) is 4.90 Å². The molecule has 0 saturated carbocycles. The molecule has 3 nitrogen and oxygen atoms in total. The summed E-state index contributed by atoms with van der Waals surface area (Å²) in [5.74, 6) is -0.864. The van der Waals surface area contributed by atoms with E-state index in [9.17, 15) is 4.79 Å². The molecule has 0 unspecified atom stereocenters. The molecule has 0 spiro atoms. The van der Waals surface area contributed by atoms with Crippen LogP contribution in [0.3, 0.4) is 0 Å². The molecule has 0 amide bonds. The van der Waals surface area contributed by atoms with Crippen LogP contribution in [-0.2, 0) is 6.54 Å². The predicted molar refractivity (Wildman–Crippen MR) is 60.0 cm³/mol. The standard InChI is InChI=1S/C12H17NO2/c1-3-13(4-2)9-10-6-5-7-11(8-10)12(14)15/h5-8H,3-4,9H2,1-2H3,(H,14,15). The van der Waals surface area contributed by atoms with Gasteiger partial charge in [-0.3, -0.25) is 4.90 Å². The third-order valence-corrected chi connectivity index (χ3v) is 2.47. The molecule has 1 N–H and O–H groups in total. The summed E-state index contributed by atoms with van der Waals surface area (Å²) in [6, 6.07) is 7.11. The van der Waals surface area contributed by atoms with Crippen LogP contribution in [0.15, 0.2) is 24.3 Å². The van der Waals surface area contributed by atoms with Gasteiger partial charge in [0.2, 0.25) is 0 Å². The Morgan fingerprint density at radius 2 is 2.00 bits per heavy atom. The normalized spacial score (nSPS) is 10.6. The maximum absolute atomic E-state index is 10.8. The maximum atomic E-state index is 10.8. The Labute approximate surface area is 90.3 Å². The summed E-state index contributed by atoms with van der Waals surface area (Å²) in [5.41, 5.74) is 1.42. The van der Waals surface area contributed by atoms with E-state index in [0.29, 0.717) is 5.56 Å². The highest BCUT2D eigenvalue weighted by atomic mass is 16.4. The average molecular weight is 207 g/mol. The molecule has 1 rings (SSSR count). The van der Waals surface area contributed by atoms with Crippen molar-refractivity contribution in [3.8, 4) is 0 Å². The Hall–Kier alpha value is -1.35. The first-order valence-corrected chi connectivity index (χ1v) is 5.22. The smallest absolute Gasteiger partial charge is 0.335 e. The zero-order chi connectivity index (χ0) is 11.3. The summed E-state index contributed by atoms with van der Waals surface area (Å²) in [6.45, 7) is 6.98. The Morgan fingerprint density at radius 1 is 1.33 bits per heavy atom. The number of hydrogen-bond acceptors (Lipinski definition) is 2. The topological polar surface area (TPSA) is 40.5 Å². The van der Waals surface area contributed by atoms with Gasteiger partial charge in [-0.15, -0.1) is 0 Å². The fraction of sp³-hybridized carbons (Fsp3) is 0.417. The van der Waals surface area contributed by atoms with Gasteiger partial charge in [0.05, 0.1) is 5.56 Å². The van der Waals surface area contributed by atoms with E-state index in [0.717, 1.165) is 25.2 Å². The molecule has 0 heterocycles. The molecule has 0 aliphatic carbocycles. The van der Waals surface area contributed by atoms with Gasteiger partial charge in [-0.2, -0.15) is 0 Å². The van der Waals surface area contributed by atoms with Gasteiger partial charge in [0, 0.05) is 6.54 Å². The van der Waals surface area contributed by atoms with Gasteiger partial charge in [-0.25, -0.2) is 4.79 Å². The van der Waals surface area contributed by atoms with Crippen LogP contribution in [0.25, 0.3) is 0 Å². The summed E-state index contributed by atoms with van der Waals surface area (Å²) in [7, 11) is 0. The van der Waals surface area contributed by atoms with Gasteiger partial charge in [-0.1, -0.05) is 26.0 Å². The lowest BCUT2D eigenvalue weighted by molar-refractivity contribution is 0.0696. The minimum atomic E-state index is -0.864. The molecule has 0 saturated heterocycles. The van der Waals surface area contributed by atoms with Gasteiger partial charge in [0.25, 0.3) is 0 Å². The minimum absolute atomic E-state index is 0.361. The van der Waals surface area contributed by atoms with E-state index >= 15 is 0 Å². The highest BCUT2D eigenvalue weighted by Gasteiger charge is 2.05. The van der Waals surface area contributed by atoms with Crippen molar-refractivity contribution < 1.29 is 9.90 Å². The van der Waals surface area contributed by atoms with Crippen molar-refractivity contribution >= 4 is 5.97 Å². The quantitative estimate of drug-likeness (QED) is 0.804. The van der Waals surface area contributed by atoms with Crippen LogP contribution in [0.4, 0.5) is 0 Å². The minimum Gasteiger partial charge on any atom is -0.478 e. The van der Waals surface area contributed by atoms with E-state index in [-0.39, 0.29) is 0 Å². The molecule has 82 valence electrons. The molecule has 0 atom stereocenters. The third-order valence-electron chi connectivity index (χ3n) is 2.47. The van der Waals surface area contributed by atoms with Gasteiger partial charge in [-0.05, 0) is 30.8 Å². The van der Waals surface area contributed by atoms with Gasteiger partial charge in [0.1, 0.15) is 0 Å². The van der Waals surface area contributed by atoms with E-state index in [2.05, 4.69) is 18.7 Å². The van der Waals surface area contributed by atoms with E-state index < -0.39 is 5.97 Å². The summed E-state index contributed by atoms with van der Waals surface area (Å²) in [5, 5.41) is 8.84. The van der Waals surface area contributed by atoms with Crippen molar-refractivity contribution in [2.75, 3.05) is 13.1 Å². The van der Waals surface area contributed by atoms with Gasteiger partial charge >= 0.3 is 5.97 Å². The molecule has 0 aliphatic heterocycles. The third kappa shape index (κ3) is 3.36. The fourth-order valence-corrected chi connectivity index (χ4v) is 1.51. The van der Waals surface area contributed by atoms with Gasteiger partial charge < -0.3 is 5.11 Å². The summed E-state index contributed by atoms with van der Waals surface area (Å²) >= 11 is 0. The molecule has 15 heavy (non-hydrogen) atoms. The van der Waals surface area contributed by atoms with E-state index in [1.807, 2.05) is 6.07 Å². The number of aromatic carboxylic acids is 1.